The van der Waals surface area contributed by atoms with Gasteiger partial charge in [-0.25, -0.2) is 0 Å². The van der Waals surface area contributed by atoms with E-state index in [0.717, 1.165) is 36.9 Å². The van der Waals surface area contributed by atoms with Gasteiger partial charge in [0, 0.05) is 10.7 Å². The van der Waals surface area contributed by atoms with Crippen molar-refractivity contribution in [3.63, 3.8) is 0 Å². The number of benzene rings is 1. The lowest BCUT2D eigenvalue weighted by Gasteiger charge is -2.33. The van der Waals surface area contributed by atoms with E-state index in [2.05, 4.69) is 22.4 Å². The topological polar surface area (TPSA) is 60.6 Å². The number of hydrogen-bond acceptors (Lipinski definition) is 4. The molecular formula is C17H18ClN4OS+. The number of hydrogen-bond donors (Lipinski definition) is 2. The quantitative estimate of drug-likeness (QED) is 0.870. The zero-order valence-corrected chi connectivity index (χ0v) is 14.7. The van der Waals surface area contributed by atoms with E-state index in [9.17, 15) is 4.79 Å². The Hall–Kier alpha value is -2.07. The fourth-order valence-corrected chi connectivity index (χ4v) is 3.76. The zero-order valence-electron chi connectivity index (χ0n) is 13.1. The van der Waals surface area contributed by atoms with Crippen LogP contribution in [0, 0.1) is 11.3 Å². The second-order valence-corrected chi connectivity index (χ2v) is 7.07. The third-order valence-electron chi connectivity index (χ3n) is 4.09. The molecule has 0 aliphatic carbocycles. The van der Waals surface area contributed by atoms with Crippen molar-refractivity contribution in [3.8, 4) is 6.07 Å². The summed E-state index contributed by atoms with van der Waals surface area (Å²) in [5.74, 6) is -0.0415. The predicted octanol–water partition coefficient (Wildman–Crippen LogP) is 1.62. The molecule has 2 heterocycles. The predicted molar refractivity (Wildman–Crippen MR) is 96.9 cm³/mol. The lowest BCUT2D eigenvalue weighted by Crippen LogP contribution is -3.15. The third-order valence-corrected chi connectivity index (χ3v) is 5.16. The second kappa shape index (κ2) is 7.67. The number of piperazine rings is 1. The summed E-state index contributed by atoms with van der Waals surface area (Å²) in [6.07, 6.45) is 0. The molecule has 7 heteroatoms. The Morgan fingerprint density at radius 3 is 2.88 bits per heavy atom. The molecular weight excluding hydrogens is 344 g/mol. The summed E-state index contributed by atoms with van der Waals surface area (Å²) in [4.78, 5) is 15.7. The van der Waals surface area contributed by atoms with E-state index in [4.69, 9.17) is 16.9 Å². The molecule has 1 aliphatic heterocycles. The Balaban J connectivity index is 1.50. The Bertz CT molecular complexity index is 762. The molecule has 1 aromatic heterocycles. The molecule has 0 unspecified atom stereocenters. The Labute approximate surface area is 150 Å². The van der Waals surface area contributed by atoms with Crippen LogP contribution >= 0.6 is 22.9 Å². The summed E-state index contributed by atoms with van der Waals surface area (Å²) in [5, 5.41) is 15.0. The van der Waals surface area contributed by atoms with Crippen LogP contribution in [0.4, 0.5) is 10.7 Å². The molecule has 0 saturated carbocycles. The first kappa shape index (κ1) is 16.8. The van der Waals surface area contributed by atoms with E-state index in [-0.39, 0.29) is 5.91 Å². The van der Waals surface area contributed by atoms with Gasteiger partial charge in [0.15, 0.2) is 6.54 Å². The lowest BCUT2D eigenvalue weighted by atomic mass is 10.2. The van der Waals surface area contributed by atoms with Gasteiger partial charge in [-0.2, -0.15) is 5.26 Å². The van der Waals surface area contributed by atoms with E-state index in [1.165, 1.54) is 16.2 Å². The summed E-state index contributed by atoms with van der Waals surface area (Å²) in [5.41, 5.74) is 1.65. The van der Waals surface area contributed by atoms with Gasteiger partial charge in [0.05, 0.1) is 31.7 Å². The fourth-order valence-electron chi connectivity index (χ4n) is 2.82. The molecule has 0 atom stereocenters. The number of amides is 1. The first-order valence-electron chi connectivity index (χ1n) is 7.77. The molecule has 3 rings (SSSR count). The van der Waals surface area contributed by atoms with Gasteiger partial charge in [-0.05, 0) is 29.6 Å². The number of rotatable bonds is 4. The summed E-state index contributed by atoms with van der Waals surface area (Å²) in [7, 11) is 0. The fraction of sp³-hybridized carbons (Fsp3) is 0.294. The van der Waals surface area contributed by atoms with Crippen molar-refractivity contribution in [3.05, 3.63) is 46.3 Å². The van der Waals surface area contributed by atoms with Gasteiger partial charge in [0.2, 0.25) is 0 Å². The Morgan fingerprint density at radius 1 is 1.38 bits per heavy atom. The highest BCUT2D eigenvalue weighted by Gasteiger charge is 2.23. The van der Waals surface area contributed by atoms with Crippen molar-refractivity contribution in [2.24, 2.45) is 0 Å². The van der Waals surface area contributed by atoms with Crippen molar-refractivity contribution >= 4 is 39.5 Å². The summed E-state index contributed by atoms with van der Waals surface area (Å²) < 4.78 is 0. The van der Waals surface area contributed by atoms with Crippen LogP contribution in [-0.4, -0.2) is 38.6 Å². The number of nitrogens with zero attached hydrogens (tertiary/aromatic N) is 2. The minimum Gasteiger partial charge on any atom is -0.360 e. The molecule has 5 nitrogen and oxygen atoms in total. The Kier molecular flexibility index (Phi) is 5.36. The van der Waals surface area contributed by atoms with Crippen molar-refractivity contribution < 1.29 is 9.69 Å². The van der Waals surface area contributed by atoms with Gasteiger partial charge in [-0.15, -0.1) is 11.3 Å². The summed E-state index contributed by atoms with van der Waals surface area (Å²) in [6, 6.07) is 11.7. The van der Waals surface area contributed by atoms with Crippen molar-refractivity contribution in [2.75, 3.05) is 42.9 Å². The zero-order chi connectivity index (χ0) is 16.9. The number of quaternary nitrogens is 1. The smallest absolute Gasteiger partial charge is 0.280 e. The SMILES string of the molecule is N#Cc1ccsc1NC(=O)C[NH+]1CCN(c2cccc(Cl)c2)CC1. The highest BCUT2D eigenvalue weighted by atomic mass is 35.5. The van der Waals surface area contributed by atoms with Gasteiger partial charge >= 0.3 is 0 Å². The minimum atomic E-state index is -0.0415. The number of anilines is 2. The largest absolute Gasteiger partial charge is 0.360 e. The van der Waals surface area contributed by atoms with Gasteiger partial charge < -0.3 is 15.1 Å². The standard InChI is InChI=1S/C17H17ClN4OS/c18-14-2-1-3-15(10-14)22-7-5-21(6-8-22)12-16(23)20-17-13(11-19)4-9-24-17/h1-4,9-10H,5-8,12H2,(H,20,23)/p+1. The maximum Gasteiger partial charge on any atom is 0.280 e. The maximum atomic E-state index is 12.2. The molecule has 2 N–H and O–H groups in total. The highest BCUT2D eigenvalue weighted by molar-refractivity contribution is 7.14. The molecule has 2 aromatic rings. The second-order valence-electron chi connectivity index (χ2n) is 5.72. The molecule has 124 valence electrons. The van der Waals surface area contributed by atoms with Gasteiger partial charge in [-0.3, -0.25) is 4.79 Å². The van der Waals surface area contributed by atoms with Crippen LogP contribution < -0.4 is 15.1 Å². The number of halogens is 1. The average Bonchev–Trinajstić information content (AvgIpc) is 3.02. The van der Waals surface area contributed by atoms with Crippen molar-refractivity contribution in [1.29, 1.82) is 5.26 Å². The first-order chi connectivity index (χ1) is 11.7. The monoisotopic (exact) mass is 361 g/mol. The van der Waals surface area contributed by atoms with Crippen LogP contribution in [0.3, 0.4) is 0 Å². The van der Waals surface area contributed by atoms with Crippen molar-refractivity contribution in [1.82, 2.24) is 0 Å². The van der Waals surface area contributed by atoms with Crippen LogP contribution in [0.15, 0.2) is 35.7 Å². The van der Waals surface area contributed by atoms with Crippen LogP contribution in [0.5, 0.6) is 0 Å². The summed E-state index contributed by atoms with van der Waals surface area (Å²) in [6.45, 7) is 4.01. The normalized spacial score (nSPS) is 15.1. The van der Waals surface area contributed by atoms with Gasteiger partial charge in [-0.1, -0.05) is 17.7 Å². The Morgan fingerprint density at radius 2 is 2.17 bits per heavy atom. The lowest BCUT2D eigenvalue weighted by molar-refractivity contribution is -0.892. The molecule has 1 saturated heterocycles. The van der Waals surface area contributed by atoms with E-state index >= 15 is 0 Å². The van der Waals surface area contributed by atoms with Crippen LogP contribution in [0.25, 0.3) is 0 Å². The van der Waals surface area contributed by atoms with Crippen LogP contribution in [-0.2, 0) is 4.79 Å². The number of carbonyl (C=O) groups excluding carboxylic acids is 1. The van der Waals surface area contributed by atoms with Gasteiger partial charge in [0.25, 0.3) is 5.91 Å². The summed E-state index contributed by atoms with van der Waals surface area (Å²) >= 11 is 7.43. The van der Waals surface area contributed by atoms with E-state index in [0.29, 0.717) is 17.1 Å². The molecule has 1 aliphatic rings. The number of nitrogens with one attached hydrogen (secondary N) is 2. The first-order valence-corrected chi connectivity index (χ1v) is 9.03. The maximum absolute atomic E-state index is 12.2. The number of thiophene rings is 1. The van der Waals surface area contributed by atoms with Crippen LogP contribution in [0.1, 0.15) is 5.56 Å². The molecule has 0 bridgehead atoms. The van der Waals surface area contributed by atoms with E-state index in [1.54, 1.807) is 6.07 Å². The molecule has 0 radical (unpaired) electrons. The highest BCUT2D eigenvalue weighted by Crippen LogP contribution is 2.22. The average molecular weight is 362 g/mol. The minimum absolute atomic E-state index is 0.0415. The van der Waals surface area contributed by atoms with Gasteiger partial charge in [0.1, 0.15) is 11.1 Å². The molecule has 1 aromatic carbocycles. The third kappa shape index (κ3) is 4.06. The molecule has 1 amide bonds. The molecule has 1 fully saturated rings. The van der Waals surface area contributed by atoms with E-state index < -0.39 is 0 Å². The van der Waals surface area contributed by atoms with Crippen LogP contribution in [0.2, 0.25) is 5.02 Å². The van der Waals surface area contributed by atoms with E-state index in [1.807, 2.05) is 23.6 Å². The molecule has 24 heavy (non-hydrogen) atoms. The molecule has 0 spiro atoms. The van der Waals surface area contributed by atoms with Crippen molar-refractivity contribution in [2.45, 2.75) is 0 Å². The number of carbonyl (C=O) groups is 1. The number of nitriles is 1.